The van der Waals surface area contributed by atoms with Crippen molar-refractivity contribution in [1.29, 1.82) is 0 Å². The van der Waals surface area contributed by atoms with E-state index in [1.165, 1.54) is 23.1 Å². The maximum absolute atomic E-state index is 12.6. The third-order valence-electron chi connectivity index (χ3n) is 4.82. The van der Waals surface area contributed by atoms with Gasteiger partial charge in [0, 0.05) is 22.5 Å². The van der Waals surface area contributed by atoms with Crippen molar-refractivity contribution in [3.05, 3.63) is 76.4 Å². The number of ether oxygens (including phenoxy) is 2. The molecule has 2 aromatic carbocycles. The van der Waals surface area contributed by atoms with E-state index in [1.54, 1.807) is 31.4 Å². The van der Waals surface area contributed by atoms with Crippen molar-refractivity contribution in [1.82, 2.24) is 19.7 Å². The lowest BCUT2D eigenvalue weighted by molar-refractivity contribution is -0.113. The highest BCUT2D eigenvalue weighted by Crippen LogP contribution is 2.32. The van der Waals surface area contributed by atoms with E-state index in [4.69, 9.17) is 32.7 Å². The number of carbonyl (C=O) groups is 1. The van der Waals surface area contributed by atoms with Gasteiger partial charge in [-0.1, -0.05) is 41.0 Å². The van der Waals surface area contributed by atoms with Gasteiger partial charge in [0.25, 0.3) is 0 Å². The summed E-state index contributed by atoms with van der Waals surface area (Å²) >= 11 is 14.8. The number of benzene rings is 2. The molecule has 186 valence electrons. The number of thiazole rings is 1. The van der Waals surface area contributed by atoms with Gasteiger partial charge in [0.2, 0.25) is 5.91 Å². The minimum Gasteiger partial charge on any atom is -0.497 e. The highest BCUT2D eigenvalue weighted by Gasteiger charge is 2.16. The van der Waals surface area contributed by atoms with Crippen molar-refractivity contribution in [2.24, 2.45) is 0 Å². The Morgan fingerprint density at radius 1 is 1.19 bits per heavy atom. The molecule has 0 aliphatic rings. The third kappa shape index (κ3) is 6.58. The largest absolute Gasteiger partial charge is 0.497 e. The molecular formula is C24H21Cl2N5O3S2. The van der Waals surface area contributed by atoms with Crippen LogP contribution in [0.4, 0.5) is 5.13 Å². The predicted octanol–water partition coefficient (Wildman–Crippen LogP) is 6.21. The Bertz CT molecular complexity index is 1360. The number of aromatic nitrogens is 4. The first-order valence-corrected chi connectivity index (χ1v) is 13.2. The van der Waals surface area contributed by atoms with Gasteiger partial charge in [0.05, 0.1) is 23.6 Å². The molecule has 2 aromatic heterocycles. The number of methoxy groups -OCH3 is 1. The van der Waals surface area contributed by atoms with E-state index >= 15 is 0 Å². The third-order valence-corrected chi connectivity index (χ3v) is 7.09. The zero-order valence-corrected chi connectivity index (χ0v) is 22.3. The maximum Gasteiger partial charge on any atom is 0.236 e. The smallest absolute Gasteiger partial charge is 0.236 e. The van der Waals surface area contributed by atoms with Crippen LogP contribution in [0.25, 0.3) is 11.3 Å². The van der Waals surface area contributed by atoms with Gasteiger partial charge in [-0.05, 0) is 42.5 Å². The van der Waals surface area contributed by atoms with Crippen molar-refractivity contribution in [2.45, 2.75) is 18.3 Å². The highest BCUT2D eigenvalue weighted by molar-refractivity contribution is 7.99. The normalized spacial score (nSPS) is 10.8. The van der Waals surface area contributed by atoms with E-state index in [0.29, 0.717) is 44.1 Å². The fraction of sp³-hybridized carbons (Fsp3) is 0.167. The number of thioether (sulfide) groups is 1. The van der Waals surface area contributed by atoms with Crippen molar-refractivity contribution in [2.75, 3.05) is 18.2 Å². The van der Waals surface area contributed by atoms with Gasteiger partial charge < -0.3 is 14.8 Å². The summed E-state index contributed by atoms with van der Waals surface area (Å²) in [5.41, 5.74) is 1.41. The van der Waals surface area contributed by atoms with Gasteiger partial charge >= 0.3 is 0 Å². The van der Waals surface area contributed by atoms with Crippen LogP contribution in [0.5, 0.6) is 11.5 Å². The van der Waals surface area contributed by atoms with Crippen LogP contribution in [-0.4, -0.2) is 38.5 Å². The number of nitrogens with one attached hydrogen (secondary N) is 1. The molecule has 0 radical (unpaired) electrons. The van der Waals surface area contributed by atoms with Crippen LogP contribution in [0.2, 0.25) is 10.0 Å². The Morgan fingerprint density at radius 2 is 1.97 bits per heavy atom. The zero-order valence-electron chi connectivity index (χ0n) is 19.1. The first-order chi connectivity index (χ1) is 17.5. The number of amides is 1. The van der Waals surface area contributed by atoms with Crippen LogP contribution in [0.3, 0.4) is 0 Å². The number of anilines is 1. The number of nitrogens with zero attached hydrogens (tertiary/aromatic N) is 4. The van der Waals surface area contributed by atoms with Crippen LogP contribution in [0.1, 0.15) is 5.82 Å². The summed E-state index contributed by atoms with van der Waals surface area (Å²) in [7, 11) is 1.61. The summed E-state index contributed by atoms with van der Waals surface area (Å²) in [6, 6.07) is 12.5. The molecule has 4 rings (SSSR count). The van der Waals surface area contributed by atoms with Crippen LogP contribution >= 0.6 is 46.3 Å². The molecule has 0 aliphatic heterocycles. The lowest BCUT2D eigenvalue weighted by Crippen LogP contribution is -2.15. The molecule has 0 unspecified atom stereocenters. The molecule has 0 saturated carbocycles. The van der Waals surface area contributed by atoms with E-state index in [1.807, 2.05) is 34.2 Å². The standard InChI is InChI=1S/C24H21Cl2N5O3S2/c1-3-10-31-21(12-34-17-7-5-16(33-2)6-8-17)29-30-24(31)36-14-22(32)28-23-27-20(13-35-23)18-9-4-15(25)11-19(18)26/h3-9,11,13H,1,10,12,14H2,2H3,(H,27,28,32). The Labute approximate surface area is 226 Å². The van der Waals surface area contributed by atoms with E-state index in [9.17, 15) is 4.79 Å². The first kappa shape index (κ1) is 26.0. The Balaban J connectivity index is 1.35. The van der Waals surface area contributed by atoms with Crippen LogP contribution < -0.4 is 14.8 Å². The second-order valence-electron chi connectivity index (χ2n) is 7.26. The second kappa shape index (κ2) is 12.3. The van der Waals surface area contributed by atoms with E-state index < -0.39 is 0 Å². The average Bonchev–Trinajstić information content (AvgIpc) is 3.49. The minimum absolute atomic E-state index is 0.130. The quantitative estimate of drug-likeness (QED) is 0.172. The summed E-state index contributed by atoms with van der Waals surface area (Å²) in [4.78, 5) is 17.0. The minimum atomic E-state index is -0.215. The summed E-state index contributed by atoms with van der Waals surface area (Å²) < 4.78 is 12.8. The molecular weight excluding hydrogens is 541 g/mol. The number of rotatable bonds is 11. The van der Waals surface area contributed by atoms with Crippen LogP contribution in [-0.2, 0) is 17.9 Å². The number of allylic oxidation sites excluding steroid dienone is 1. The van der Waals surface area contributed by atoms with Gasteiger partial charge in [-0.25, -0.2) is 4.98 Å². The summed E-state index contributed by atoms with van der Waals surface area (Å²) in [5.74, 6) is 1.97. The first-order valence-electron chi connectivity index (χ1n) is 10.6. The number of hydrogen-bond acceptors (Lipinski definition) is 8. The molecule has 0 fully saturated rings. The summed E-state index contributed by atoms with van der Waals surface area (Å²) in [6.45, 7) is 4.50. The van der Waals surface area contributed by atoms with Gasteiger partial charge in [0.15, 0.2) is 16.1 Å². The van der Waals surface area contributed by atoms with Crippen LogP contribution in [0.15, 0.2) is 65.7 Å². The second-order valence-corrected chi connectivity index (χ2v) is 9.91. The molecule has 2 heterocycles. The lowest BCUT2D eigenvalue weighted by Gasteiger charge is -2.09. The van der Waals surface area contributed by atoms with Gasteiger partial charge in [0.1, 0.15) is 18.1 Å². The zero-order chi connectivity index (χ0) is 25.5. The summed E-state index contributed by atoms with van der Waals surface area (Å²) in [5, 5.41) is 15.2. The molecule has 1 N–H and O–H groups in total. The van der Waals surface area contributed by atoms with Crippen molar-refractivity contribution in [3.8, 4) is 22.8 Å². The van der Waals surface area contributed by atoms with Gasteiger partial charge in [-0.2, -0.15) is 0 Å². The molecule has 12 heteroatoms. The Kier molecular flexibility index (Phi) is 8.87. The predicted molar refractivity (Wildman–Crippen MR) is 144 cm³/mol. The molecule has 4 aromatic rings. The monoisotopic (exact) mass is 561 g/mol. The number of hydrogen-bond donors (Lipinski definition) is 1. The van der Waals surface area contributed by atoms with Crippen molar-refractivity contribution in [3.63, 3.8) is 0 Å². The summed E-state index contributed by atoms with van der Waals surface area (Å²) in [6.07, 6.45) is 1.74. The molecule has 0 spiro atoms. The molecule has 1 amide bonds. The molecule has 36 heavy (non-hydrogen) atoms. The van der Waals surface area contributed by atoms with Gasteiger partial charge in [-0.15, -0.1) is 28.1 Å². The number of carbonyl (C=O) groups excluding carboxylic acids is 1. The topological polar surface area (TPSA) is 91.2 Å². The molecule has 0 atom stereocenters. The fourth-order valence-corrected chi connectivity index (χ4v) is 5.10. The molecule has 0 saturated heterocycles. The number of halogens is 2. The fourth-order valence-electron chi connectivity index (χ4n) is 3.10. The average molecular weight is 563 g/mol. The molecule has 8 nitrogen and oxygen atoms in total. The van der Waals surface area contributed by atoms with Crippen LogP contribution in [0, 0.1) is 0 Å². The highest BCUT2D eigenvalue weighted by atomic mass is 35.5. The van der Waals surface area contributed by atoms with Crippen molar-refractivity contribution >= 4 is 57.3 Å². The SMILES string of the molecule is C=CCn1c(COc2ccc(OC)cc2)nnc1SCC(=O)Nc1nc(-c2ccc(Cl)cc2Cl)cs1. The maximum atomic E-state index is 12.6. The van der Waals surface area contributed by atoms with Crippen molar-refractivity contribution < 1.29 is 14.3 Å². The lowest BCUT2D eigenvalue weighted by atomic mass is 10.2. The van der Waals surface area contributed by atoms with E-state index in [-0.39, 0.29) is 18.3 Å². The molecule has 0 aliphatic carbocycles. The van der Waals surface area contributed by atoms with E-state index in [0.717, 1.165) is 11.3 Å². The van der Waals surface area contributed by atoms with E-state index in [2.05, 4.69) is 27.1 Å². The molecule has 0 bridgehead atoms. The van der Waals surface area contributed by atoms with Gasteiger partial charge in [-0.3, -0.25) is 9.36 Å². The Morgan fingerprint density at radius 3 is 2.69 bits per heavy atom. The Hall–Kier alpha value is -3.05.